The van der Waals surface area contributed by atoms with Gasteiger partial charge in [-0.15, -0.1) is 0 Å². The zero-order chi connectivity index (χ0) is 20.7. The van der Waals surface area contributed by atoms with Crippen molar-refractivity contribution in [2.75, 3.05) is 5.32 Å². The lowest BCUT2D eigenvalue weighted by atomic mass is 10.1. The fraction of sp³-hybridized carbons (Fsp3) is 0.286. The van der Waals surface area contributed by atoms with Crippen LogP contribution >= 0.6 is 0 Å². The van der Waals surface area contributed by atoms with Gasteiger partial charge in [0.05, 0.1) is 6.10 Å². The van der Waals surface area contributed by atoms with Gasteiger partial charge in [0.25, 0.3) is 11.8 Å². The molecule has 148 valence electrons. The quantitative estimate of drug-likeness (QED) is 0.668. The van der Waals surface area contributed by atoms with E-state index in [9.17, 15) is 14.4 Å². The van der Waals surface area contributed by atoms with E-state index >= 15 is 0 Å². The smallest absolute Gasteiger partial charge is 0.269 e. The third-order valence-electron chi connectivity index (χ3n) is 3.70. The predicted molar refractivity (Wildman–Crippen MR) is 107 cm³/mol. The third kappa shape index (κ3) is 6.12. The van der Waals surface area contributed by atoms with Crippen LogP contribution in [0, 0.1) is 5.92 Å². The summed E-state index contributed by atoms with van der Waals surface area (Å²) in [5.41, 5.74) is 6.06. The molecule has 2 aromatic carbocycles. The Labute approximate surface area is 164 Å². The van der Waals surface area contributed by atoms with E-state index in [4.69, 9.17) is 4.74 Å². The van der Waals surface area contributed by atoms with Crippen LogP contribution in [0.5, 0.6) is 5.75 Å². The Hall–Kier alpha value is -3.35. The van der Waals surface area contributed by atoms with Crippen LogP contribution in [0.3, 0.4) is 0 Å². The van der Waals surface area contributed by atoms with E-state index in [1.165, 1.54) is 0 Å². The minimum Gasteiger partial charge on any atom is -0.491 e. The fourth-order valence-electron chi connectivity index (χ4n) is 2.23. The Morgan fingerprint density at radius 2 is 1.43 bits per heavy atom. The number of benzene rings is 2. The predicted octanol–water partition coefficient (Wildman–Crippen LogP) is 3.14. The first kappa shape index (κ1) is 21.0. The first-order valence-corrected chi connectivity index (χ1v) is 9.04. The normalized spacial score (nSPS) is 10.5. The molecule has 0 fully saturated rings. The number of rotatable bonds is 6. The minimum atomic E-state index is -0.468. The molecule has 28 heavy (non-hydrogen) atoms. The highest BCUT2D eigenvalue weighted by Crippen LogP contribution is 2.15. The number of ether oxygens (including phenoxy) is 1. The molecule has 0 aliphatic heterocycles. The van der Waals surface area contributed by atoms with Gasteiger partial charge >= 0.3 is 0 Å². The SMILES string of the molecule is CC(C)Oc1cccc(C(=O)NNC(=O)c2ccc(NC(=O)C(C)C)cc2)c1. The van der Waals surface area contributed by atoms with Crippen LogP contribution in [0.25, 0.3) is 0 Å². The molecule has 0 aliphatic carbocycles. The Kier molecular flexibility index (Phi) is 7.14. The molecule has 0 aromatic heterocycles. The van der Waals surface area contributed by atoms with Gasteiger partial charge in [-0.05, 0) is 56.3 Å². The molecule has 7 heteroatoms. The highest BCUT2D eigenvalue weighted by Gasteiger charge is 2.11. The monoisotopic (exact) mass is 383 g/mol. The molecule has 0 unspecified atom stereocenters. The molecule has 0 saturated heterocycles. The maximum atomic E-state index is 12.2. The van der Waals surface area contributed by atoms with Gasteiger partial charge in [-0.25, -0.2) is 0 Å². The molecule has 0 bridgehead atoms. The summed E-state index contributed by atoms with van der Waals surface area (Å²) in [6.07, 6.45) is -0.00805. The van der Waals surface area contributed by atoms with Gasteiger partial charge in [0.15, 0.2) is 0 Å². The van der Waals surface area contributed by atoms with Gasteiger partial charge in [0, 0.05) is 22.7 Å². The molecule has 7 nitrogen and oxygen atoms in total. The standard InChI is InChI=1S/C21H25N3O4/c1-13(2)19(25)22-17-10-8-15(9-11-17)20(26)23-24-21(27)16-6-5-7-18(12-16)28-14(3)4/h5-14H,1-4H3,(H,22,25)(H,23,26)(H,24,27). The van der Waals surface area contributed by atoms with Gasteiger partial charge in [-0.2, -0.15) is 0 Å². The molecule has 0 radical (unpaired) electrons. The summed E-state index contributed by atoms with van der Waals surface area (Å²) >= 11 is 0. The van der Waals surface area contributed by atoms with Gasteiger partial charge in [-0.3, -0.25) is 25.2 Å². The third-order valence-corrected chi connectivity index (χ3v) is 3.70. The van der Waals surface area contributed by atoms with Crippen molar-refractivity contribution in [2.24, 2.45) is 5.92 Å². The number of hydrogen-bond donors (Lipinski definition) is 3. The number of carbonyl (C=O) groups is 3. The van der Waals surface area contributed by atoms with Crippen LogP contribution < -0.4 is 20.9 Å². The Bertz CT molecular complexity index is 845. The maximum Gasteiger partial charge on any atom is 0.269 e. The highest BCUT2D eigenvalue weighted by atomic mass is 16.5. The number of anilines is 1. The lowest BCUT2D eigenvalue weighted by Gasteiger charge is -2.12. The van der Waals surface area contributed by atoms with E-state index < -0.39 is 11.8 Å². The number of carbonyl (C=O) groups excluding carboxylic acids is 3. The summed E-state index contributed by atoms with van der Waals surface area (Å²) in [5.74, 6) is -0.586. The second-order valence-corrected chi connectivity index (χ2v) is 6.82. The summed E-state index contributed by atoms with van der Waals surface area (Å²) in [6, 6.07) is 13.1. The molecule has 0 saturated carbocycles. The van der Waals surface area contributed by atoms with Crippen molar-refractivity contribution >= 4 is 23.4 Å². The molecule has 2 rings (SSSR count). The molecule has 2 aromatic rings. The lowest BCUT2D eigenvalue weighted by Crippen LogP contribution is -2.41. The van der Waals surface area contributed by atoms with Gasteiger partial charge in [0.2, 0.25) is 5.91 Å². The van der Waals surface area contributed by atoms with Crippen LogP contribution in [0.15, 0.2) is 48.5 Å². The number of nitrogens with one attached hydrogen (secondary N) is 3. The summed E-state index contributed by atoms with van der Waals surface area (Å²) in [4.78, 5) is 36.1. The van der Waals surface area contributed by atoms with E-state index in [1.54, 1.807) is 62.4 Å². The summed E-state index contributed by atoms with van der Waals surface area (Å²) in [7, 11) is 0. The Balaban J connectivity index is 1.93. The summed E-state index contributed by atoms with van der Waals surface area (Å²) in [6.45, 7) is 7.38. The lowest BCUT2D eigenvalue weighted by molar-refractivity contribution is -0.118. The second-order valence-electron chi connectivity index (χ2n) is 6.82. The van der Waals surface area contributed by atoms with Gasteiger partial charge in [-0.1, -0.05) is 19.9 Å². The first-order valence-electron chi connectivity index (χ1n) is 9.04. The fourth-order valence-corrected chi connectivity index (χ4v) is 2.23. The first-order chi connectivity index (χ1) is 13.3. The van der Waals surface area contributed by atoms with Crippen molar-refractivity contribution in [3.8, 4) is 5.75 Å². The van der Waals surface area contributed by atoms with Gasteiger partial charge < -0.3 is 10.1 Å². The van der Waals surface area contributed by atoms with E-state index in [0.29, 0.717) is 22.6 Å². The van der Waals surface area contributed by atoms with E-state index in [0.717, 1.165) is 0 Å². The van der Waals surface area contributed by atoms with Crippen molar-refractivity contribution in [2.45, 2.75) is 33.8 Å². The molecule has 0 heterocycles. The molecular weight excluding hydrogens is 358 g/mol. The molecule has 0 aliphatic rings. The molecule has 0 spiro atoms. The van der Waals surface area contributed by atoms with Gasteiger partial charge in [0.1, 0.15) is 5.75 Å². The average Bonchev–Trinajstić information content (AvgIpc) is 2.66. The van der Waals surface area contributed by atoms with Crippen molar-refractivity contribution in [1.82, 2.24) is 10.9 Å². The van der Waals surface area contributed by atoms with E-state index in [-0.39, 0.29) is 17.9 Å². The Morgan fingerprint density at radius 3 is 2.00 bits per heavy atom. The topological polar surface area (TPSA) is 96.5 Å². The summed E-state index contributed by atoms with van der Waals surface area (Å²) in [5, 5.41) is 2.75. The number of hydrazine groups is 1. The number of hydrogen-bond acceptors (Lipinski definition) is 4. The second kappa shape index (κ2) is 9.55. The van der Waals surface area contributed by atoms with Crippen molar-refractivity contribution in [1.29, 1.82) is 0 Å². The number of amides is 3. The van der Waals surface area contributed by atoms with Crippen molar-refractivity contribution < 1.29 is 19.1 Å². The van der Waals surface area contributed by atoms with Crippen LogP contribution in [0.1, 0.15) is 48.4 Å². The largest absolute Gasteiger partial charge is 0.491 e. The molecule has 3 amide bonds. The molecular formula is C21H25N3O4. The minimum absolute atomic E-state index is 0.00805. The maximum absolute atomic E-state index is 12.2. The van der Waals surface area contributed by atoms with E-state index in [1.807, 2.05) is 13.8 Å². The van der Waals surface area contributed by atoms with Crippen LogP contribution in [0.2, 0.25) is 0 Å². The molecule has 3 N–H and O–H groups in total. The van der Waals surface area contributed by atoms with Crippen LogP contribution in [-0.4, -0.2) is 23.8 Å². The average molecular weight is 383 g/mol. The summed E-state index contributed by atoms with van der Waals surface area (Å²) < 4.78 is 5.56. The van der Waals surface area contributed by atoms with Crippen molar-refractivity contribution in [3.05, 3.63) is 59.7 Å². The molecule has 0 atom stereocenters. The van der Waals surface area contributed by atoms with Crippen LogP contribution in [0.4, 0.5) is 5.69 Å². The van der Waals surface area contributed by atoms with Crippen molar-refractivity contribution in [3.63, 3.8) is 0 Å². The zero-order valence-corrected chi connectivity index (χ0v) is 16.4. The van der Waals surface area contributed by atoms with E-state index in [2.05, 4.69) is 16.2 Å². The highest BCUT2D eigenvalue weighted by molar-refractivity contribution is 5.99. The zero-order valence-electron chi connectivity index (χ0n) is 16.4. The van der Waals surface area contributed by atoms with Crippen LogP contribution in [-0.2, 0) is 4.79 Å². The Morgan fingerprint density at radius 1 is 0.821 bits per heavy atom.